The van der Waals surface area contributed by atoms with Crippen LogP contribution in [0.5, 0.6) is 11.6 Å². The van der Waals surface area contributed by atoms with E-state index < -0.39 is 0 Å². The number of nitrogens with zero attached hydrogens (tertiary/aromatic N) is 1. The van der Waals surface area contributed by atoms with E-state index in [4.69, 9.17) is 4.74 Å². The van der Waals surface area contributed by atoms with Gasteiger partial charge in [0.15, 0.2) is 0 Å². The van der Waals surface area contributed by atoms with E-state index in [2.05, 4.69) is 10.3 Å². The number of rotatable bonds is 5. The summed E-state index contributed by atoms with van der Waals surface area (Å²) >= 11 is 0. The first kappa shape index (κ1) is 14.8. The highest BCUT2D eigenvalue weighted by Crippen LogP contribution is 2.11. The van der Waals surface area contributed by atoms with Gasteiger partial charge in [0.05, 0.1) is 11.7 Å². The van der Waals surface area contributed by atoms with E-state index in [1.54, 1.807) is 36.4 Å². The molecular weight excluding hydrogens is 268 g/mol. The molecule has 0 saturated heterocycles. The lowest BCUT2D eigenvalue weighted by molar-refractivity contribution is 0.0950. The third kappa shape index (κ3) is 4.49. The number of hydrogen-bond donors (Lipinski definition) is 2. The van der Waals surface area contributed by atoms with E-state index in [1.807, 2.05) is 13.8 Å². The molecule has 0 aliphatic rings. The van der Waals surface area contributed by atoms with Gasteiger partial charge < -0.3 is 15.2 Å². The van der Waals surface area contributed by atoms with E-state index in [9.17, 15) is 9.90 Å². The van der Waals surface area contributed by atoms with Crippen LogP contribution in [0, 0.1) is 0 Å². The van der Waals surface area contributed by atoms with Crippen LogP contribution in [-0.2, 0) is 6.54 Å². The summed E-state index contributed by atoms with van der Waals surface area (Å²) in [5, 5.41) is 12.0. The van der Waals surface area contributed by atoms with Crippen molar-refractivity contribution in [2.24, 2.45) is 0 Å². The van der Waals surface area contributed by atoms with Crippen molar-refractivity contribution in [3.63, 3.8) is 0 Å². The maximum Gasteiger partial charge on any atom is 0.253 e. The van der Waals surface area contributed by atoms with Crippen LogP contribution >= 0.6 is 0 Å². The van der Waals surface area contributed by atoms with E-state index in [1.165, 1.54) is 6.20 Å². The molecule has 1 aromatic heterocycles. The van der Waals surface area contributed by atoms with Crippen molar-refractivity contribution in [1.82, 2.24) is 10.3 Å². The molecule has 1 heterocycles. The summed E-state index contributed by atoms with van der Waals surface area (Å²) in [6, 6.07) is 10.0. The van der Waals surface area contributed by atoms with Gasteiger partial charge in [-0.3, -0.25) is 4.79 Å². The van der Waals surface area contributed by atoms with Crippen molar-refractivity contribution in [2.75, 3.05) is 0 Å². The first-order valence-electron chi connectivity index (χ1n) is 6.73. The molecule has 0 fully saturated rings. The van der Waals surface area contributed by atoms with Crippen molar-refractivity contribution in [2.45, 2.75) is 26.5 Å². The zero-order valence-corrected chi connectivity index (χ0v) is 12.0. The van der Waals surface area contributed by atoms with Crippen molar-refractivity contribution in [3.05, 3.63) is 53.7 Å². The summed E-state index contributed by atoms with van der Waals surface area (Å²) < 4.78 is 5.42. The summed E-state index contributed by atoms with van der Waals surface area (Å²) in [7, 11) is 0. The average Bonchev–Trinajstić information content (AvgIpc) is 2.46. The molecule has 110 valence electrons. The maximum absolute atomic E-state index is 12.0. The van der Waals surface area contributed by atoms with E-state index in [0.29, 0.717) is 18.0 Å². The molecule has 0 radical (unpaired) electrons. The SMILES string of the molecule is CC(C)Oc1ccc(C(=O)NCc2ccc(O)cc2)cn1. The molecule has 0 aliphatic heterocycles. The zero-order chi connectivity index (χ0) is 15.2. The zero-order valence-electron chi connectivity index (χ0n) is 12.0. The molecular formula is C16H18N2O3. The summed E-state index contributed by atoms with van der Waals surface area (Å²) in [4.78, 5) is 16.1. The predicted molar refractivity (Wildman–Crippen MR) is 79.3 cm³/mol. The fraction of sp³-hybridized carbons (Fsp3) is 0.250. The lowest BCUT2D eigenvalue weighted by Crippen LogP contribution is -2.22. The number of benzene rings is 1. The Morgan fingerprint density at radius 3 is 2.52 bits per heavy atom. The lowest BCUT2D eigenvalue weighted by Gasteiger charge is -2.09. The molecule has 2 N–H and O–H groups in total. The minimum Gasteiger partial charge on any atom is -0.508 e. The molecule has 5 nitrogen and oxygen atoms in total. The van der Waals surface area contributed by atoms with Gasteiger partial charge in [-0.2, -0.15) is 0 Å². The van der Waals surface area contributed by atoms with Crippen molar-refractivity contribution < 1.29 is 14.6 Å². The maximum atomic E-state index is 12.0. The van der Waals surface area contributed by atoms with Crippen LogP contribution in [0.4, 0.5) is 0 Å². The largest absolute Gasteiger partial charge is 0.508 e. The number of amides is 1. The molecule has 1 amide bonds. The second kappa shape index (κ2) is 6.74. The summed E-state index contributed by atoms with van der Waals surface area (Å²) in [5.41, 5.74) is 1.39. The summed E-state index contributed by atoms with van der Waals surface area (Å²) in [6.45, 7) is 4.23. The van der Waals surface area contributed by atoms with Crippen LogP contribution in [0.15, 0.2) is 42.6 Å². The van der Waals surface area contributed by atoms with Gasteiger partial charge in [-0.05, 0) is 37.6 Å². The number of aromatic hydroxyl groups is 1. The lowest BCUT2D eigenvalue weighted by atomic mass is 10.2. The van der Waals surface area contributed by atoms with Gasteiger partial charge in [-0.15, -0.1) is 0 Å². The Kier molecular flexibility index (Phi) is 4.77. The van der Waals surface area contributed by atoms with Crippen LogP contribution in [0.3, 0.4) is 0 Å². The third-order valence-electron chi connectivity index (χ3n) is 2.74. The smallest absolute Gasteiger partial charge is 0.253 e. The molecule has 2 rings (SSSR count). The number of aromatic nitrogens is 1. The normalized spacial score (nSPS) is 10.4. The number of ether oxygens (including phenoxy) is 1. The van der Waals surface area contributed by atoms with Crippen LogP contribution in [0.25, 0.3) is 0 Å². The molecule has 21 heavy (non-hydrogen) atoms. The molecule has 0 aliphatic carbocycles. The van der Waals surface area contributed by atoms with Gasteiger partial charge in [0.1, 0.15) is 5.75 Å². The molecule has 0 bridgehead atoms. The van der Waals surface area contributed by atoms with E-state index >= 15 is 0 Å². The number of carbonyl (C=O) groups is 1. The predicted octanol–water partition coefficient (Wildman–Crippen LogP) is 2.50. The second-order valence-electron chi connectivity index (χ2n) is 4.90. The Labute approximate surface area is 123 Å². The Balaban J connectivity index is 1.92. The van der Waals surface area contributed by atoms with Crippen molar-refractivity contribution in [3.8, 4) is 11.6 Å². The first-order valence-corrected chi connectivity index (χ1v) is 6.73. The Morgan fingerprint density at radius 1 is 1.24 bits per heavy atom. The monoisotopic (exact) mass is 286 g/mol. The topological polar surface area (TPSA) is 71.5 Å². The third-order valence-corrected chi connectivity index (χ3v) is 2.74. The molecule has 1 aromatic carbocycles. The van der Waals surface area contributed by atoms with Gasteiger partial charge >= 0.3 is 0 Å². The Hall–Kier alpha value is -2.56. The second-order valence-corrected chi connectivity index (χ2v) is 4.90. The van der Waals surface area contributed by atoms with Crippen LogP contribution in [-0.4, -0.2) is 22.1 Å². The van der Waals surface area contributed by atoms with Gasteiger partial charge in [-0.25, -0.2) is 4.98 Å². The first-order chi connectivity index (χ1) is 10.0. The van der Waals surface area contributed by atoms with E-state index in [-0.39, 0.29) is 17.8 Å². The summed E-state index contributed by atoms with van der Waals surface area (Å²) in [6.07, 6.45) is 1.54. The molecule has 5 heteroatoms. The van der Waals surface area contributed by atoms with Gasteiger partial charge in [0.2, 0.25) is 5.88 Å². The van der Waals surface area contributed by atoms with Crippen molar-refractivity contribution in [1.29, 1.82) is 0 Å². The van der Waals surface area contributed by atoms with Crippen molar-refractivity contribution >= 4 is 5.91 Å². The standard InChI is InChI=1S/C16H18N2O3/c1-11(2)21-15-8-5-13(10-17-15)16(20)18-9-12-3-6-14(19)7-4-12/h3-8,10-11,19H,9H2,1-2H3,(H,18,20). The number of carbonyl (C=O) groups excluding carboxylic acids is 1. The highest BCUT2D eigenvalue weighted by molar-refractivity contribution is 5.93. The average molecular weight is 286 g/mol. The number of phenolic OH excluding ortho intramolecular Hbond substituents is 1. The minimum absolute atomic E-state index is 0.0478. The number of phenols is 1. The van der Waals surface area contributed by atoms with Gasteiger partial charge in [0, 0.05) is 18.8 Å². The number of pyridine rings is 1. The van der Waals surface area contributed by atoms with Gasteiger partial charge in [-0.1, -0.05) is 12.1 Å². The highest BCUT2D eigenvalue weighted by atomic mass is 16.5. The molecule has 0 atom stereocenters. The van der Waals surface area contributed by atoms with Crippen LogP contribution in [0.1, 0.15) is 29.8 Å². The number of nitrogens with one attached hydrogen (secondary N) is 1. The molecule has 0 spiro atoms. The fourth-order valence-corrected chi connectivity index (χ4v) is 1.72. The Morgan fingerprint density at radius 2 is 1.95 bits per heavy atom. The highest BCUT2D eigenvalue weighted by Gasteiger charge is 2.07. The van der Waals surface area contributed by atoms with E-state index in [0.717, 1.165) is 5.56 Å². The number of hydrogen-bond acceptors (Lipinski definition) is 4. The summed E-state index contributed by atoms with van der Waals surface area (Å²) in [5.74, 6) is 0.502. The fourth-order valence-electron chi connectivity index (χ4n) is 1.72. The van der Waals surface area contributed by atoms with Crippen LogP contribution < -0.4 is 10.1 Å². The molecule has 0 saturated carbocycles. The molecule has 0 unspecified atom stereocenters. The molecule has 2 aromatic rings. The quantitative estimate of drug-likeness (QED) is 0.886. The van der Waals surface area contributed by atoms with Crippen LogP contribution in [0.2, 0.25) is 0 Å². The minimum atomic E-state index is -0.202. The van der Waals surface area contributed by atoms with Gasteiger partial charge in [0.25, 0.3) is 5.91 Å². The Bertz CT molecular complexity index is 592.